The average molecular weight is 167 g/mol. The first-order chi connectivity index (χ1) is 5.79. The second-order valence-corrected chi connectivity index (χ2v) is 2.89. The summed E-state index contributed by atoms with van der Waals surface area (Å²) >= 11 is 0. The Hall–Kier alpha value is -0.850. The number of hydrogen-bond acceptors (Lipinski definition) is 3. The number of terminal acetylenes is 1. The molecule has 0 aromatic carbocycles. The molecule has 3 nitrogen and oxygen atoms in total. The van der Waals surface area contributed by atoms with Gasteiger partial charge in [0.2, 0.25) is 0 Å². The molecule has 0 bridgehead atoms. The minimum Gasteiger partial charge on any atom is -0.379 e. The Kier molecular flexibility index (Phi) is 3.27. The molecule has 0 spiro atoms. The summed E-state index contributed by atoms with van der Waals surface area (Å²) in [6.45, 7) is 1.11. The van der Waals surface area contributed by atoms with Gasteiger partial charge in [-0.3, -0.25) is 4.79 Å². The van der Waals surface area contributed by atoms with Gasteiger partial charge in [0.25, 0.3) is 0 Å². The van der Waals surface area contributed by atoms with Gasteiger partial charge in [0.1, 0.15) is 0 Å². The minimum absolute atomic E-state index is 0.0500. The third-order valence-corrected chi connectivity index (χ3v) is 2.14. The van der Waals surface area contributed by atoms with Crippen molar-refractivity contribution in [3.8, 4) is 12.3 Å². The van der Waals surface area contributed by atoms with Crippen LogP contribution in [0.25, 0.3) is 0 Å². The van der Waals surface area contributed by atoms with Gasteiger partial charge in [-0.15, -0.1) is 6.42 Å². The molecule has 2 unspecified atom stereocenters. The van der Waals surface area contributed by atoms with E-state index < -0.39 is 0 Å². The fourth-order valence-corrected chi connectivity index (χ4v) is 1.39. The third kappa shape index (κ3) is 1.84. The number of likely N-dealkylation sites (N-methyl/N-ethyl adjacent to an activating group) is 1. The molecule has 0 aromatic rings. The molecule has 0 radical (unpaired) electrons. The number of carbonyl (C=O) groups is 1. The highest BCUT2D eigenvalue weighted by atomic mass is 16.5. The molecular formula is C9H13NO2. The molecule has 66 valence electrons. The zero-order chi connectivity index (χ0) is 8.97. The second-order valence-electron chi connectivity index (χ2n) is 2.89. The Labute approximate surface area is 72.5 Å². The fraction of sp³-hybridized carbons (Fsp3) is 0.667. The van der Waals surface area contributed by atoms with Gasteiger partial charge in [0.15, 0.2) is 5.78 Å². The number of Topliss-reactive ketones (excluding diaryl/α,β-unsaturated/α-hetero) is 1. The fourth-order valence-electron chi connectivity index (χ4n) is 1.39. The van der Waals surface area contributed by atoms with Crippen LogP contribution in [-0.4, -0.2) is 32.1 Å². The lowest BCUT2D eigenvalue weighted by atomic mass is 9.97. The highest BCUT2D eigenvalue weighted by Crippen LogP contribution is 2.15. The van der Waals surface area contributed by atoms with Gasteiger partial charge >= 0.3 is 0 Å². The predicted octanol–water partition coefficient (Wildman–Crippen LogP) is -0.187. The molecule has 0 saturated carbocycles. The highest BCUT2D eigenvalue weighted by molar-refractivity contribution is 5.84. The Morgan fingerprint density at radius 3 is 3.08 bits per heavy atom. The lowest BCUT2D eigenvalue weighted by Gasteiger charge is -2.13. The van der Waals surface area contributed by atoms with E-state index in [1.54, 1.807) is 0 Å². The molecule has 1 fully saturated rings. The zero-order valence-electron chi connectivity index (χ0n) is 7.17. The summed E-state index contributed by atoms with van der Waals surface area (Å²) in [6.07, 6.45) is 5.27. The van der Waals surface area contributed by atoms with E-state index in [4.69, 9.17) is 11.2 Å². The van der Waals surface area contributed by atoms with E-state index in [0.717, 1.165) is 0 Å². The smallest absolute Gasteiger partial charge is 0.151 e. The first-order valence-corrected chi connectivity index (χ1v) is 4.00. The molecule has 1 N–H and O–H groups in total. The normalized spacial score (nSPS) is 28.3. The van der Waals surface area contributed by atoms with Gasteiger partial charge in [0, 0.05) is 6.04 Å². The number of hydrogen-bond donors (Lipinski definition) is 1. The van der Waals surface area contributed by atoms with E-state index in [0.29, 0.717) is 13.2 Å². The molecule has 0 aliphatic carbocycles. The summed E-state index contributed by atoms with van der Waals surface area (Å²) < 4.78 is 5.18. The summed E-state index contributed by atoms with van der Waals surface area (Å²) in [6, 6.07) is 0.144. The summed E-state index contributed by atoms with van der Waals surface area (Å²) in [7, 11) is 1.83. The number of nitrogens with one attached hydrogen (secondary N) is 1. The van der Waals surface area contributed by atoms with Gasteiger partial charge in [-0.1, -0.05) is 5.92 Å². The summed E-state index contributed by atoms with van der Waals surface area (Å²) in [4.78, 5) is 11.4. The van der Waals surface area contributed by atoms with Gasteiger partial charge in [-0.25, -0.2) is 0 Å². The molecular weight excluding hydrogens is 154 g/mol. The van der Waals surface area contributed by atoms with Gasteiger partial charge < -0.3 is 10.1 Å². The van der Waals surface area contributed by atoms with Crippen LogP contribution in [-0.2, 0) is 9.53 Å². The van der Waals surface area contributed by atoms with Crippen LogP contribution in [0.4, 0.5) is 0 Å². The monoisotopic (exact) mass is 167 g/mol. The van der Waals surface area contributed by atoms with E-state index in [9.17, 15) is 4.79 Å². The number of rotatable bonds is 3. The van der Waals surface area contributed by atoms with Crippen molar-refractivity contribution in [2.75, 3.05) is 20.3 Å². The van der Waals surface area contributed by atoms with Crippen molar-refractivity contribution in [2.24, 2.45) is 5.92 Å². The summed E-state index contributed by atoms with van der Waals surface area (Å²) in [5.74, 6) is 2.41. The Bertz CT molecular complexity index is 207. The number of carbonyl (C=O) groups excluding carboxylic acids is 1. The number of ketones is 1. The second kappa shape index (κ2) is 4.24. The summed E-state index contributed by atoms with van der Waals surface area (Å²) in [5, 5.41) is 3.04. The predicted molar refractivity (Wildman–Crippen MR) is 45.6 cm³/mol. The van der Waals surface area contributed by atoms with Crippen LogP contribution in [0.15, 0.2) is 0 Å². The van der Waals surface area contributed by atoms with E-state index in [1.807, 2.05) is 7.05 Å². The van der Waals surface area contributed by atoms with Crippen LogP contribution in [0.2, 0.25) is 0 Å². The van der Waals surface area contributed by atoms with Crippen molar-refractivity contribution in [3.05, 3.63) is 0 Å². The van der Waals surface area contributed by atoms with Crippen molar-refractivity contribution in [1.82, 2.24) is 5.32 Å². The first-order valence-electron chi connectivity index (χ1n) is 4.00. The van der Waals surface area contributed by atoms with Crippen molar-refractivity contribution in [2.45, 2.75) is 12.5 Å². The van der Waals surface area contributed by atoms with Crippen molar-refractivity contribution < 1.29 is 9.53 Å². The molecule has 2 atom stereocenters. The topological polar surface area (TPSA) is 38.3 Å². The first kappa shape index (κ1) is 9.24. The average Bonchev–Trinajstić information content (AvgIpc) is 2.51. The van der Waals surface area contributed by atoms with Crippen molar-refractivity contribution >= 4 is 5.78 Å². The standard InChI is InChI=1S/C9H13NO2/c1-3-4-9(11)7-5-12-6-8(7)10-2/h1,7-8,10H,4-6H2,2H3. The molecule has 1 heterocycles. The molecule has 1 saturated heterocycles. The minimum atomic E-state index is -0.0500. The highest BCUT2D eigenvalue weighted by Gasteiger charge is 2.31. The van der Waals surface area contributed by atoms with E-state index in [-0.39, 0.29) is 24.2 Å². The molecule has 3 heteroatoms. The molecule has 1 aliphatic heterocycles. The van der Waals surface area contributed by atoms with Gasteiger partial charge in [0.05, 0.1) is 25.6 Å². The molecule has 1 aliphatic rings. The Morgan fingerprint density at radius 1 is 1.75 bits per heavy atom. The number of ether oxygens (including phenoxy) is 1. The van der Waals surface area contributed by atoms with Crippen molar-refractivity contribution in [1.29, 1.82) is 0 Å². The molecule has 12 heavy (non-hydrogen) atoms. The third-order valence-electron chi connectivity index (χ3n) is 2.14. The summed E-state index contributed by atoms with van der Waals surface area (Å²) in [5.41, 5.74) is 0. The van der Waals surface area contributed by atoms with E-state index in [1.165, 1.54) is 0 Å². The SMILES string of the molecule is C#CCC(=O)C1COCC1NC. The van der Waals surface area contributed by atoms with Gasteiger partial charge in [-0.05, 0) is 7.05 Å². The largest absolute Gasteiger partial charge is 0.379 e. The van der Waals surface area contributed by atoms with Crippen LogP contribution < -0.4 is 5.32 Å². The maximum absolute atomic E-state index is 11.4. The van der Waals surface area contributed by atoms with Crippen LogP contribution in [0.1, 0.15) is 6.42 Å². The van der Waals surface area contributed by atoms with Crippen LogP contribution in [0.5, 0.6) is 0 Å². The molecule has 0 aromatic heterocycles. The lowest BCUT2D eigenvalue weighted by molar-refractivity contribution is -0.122. The lowest BCUT2D eigenvalue weighted by Crippen LogP contribution is -2.36. The van der Waals surface area contributed by atoms with Crippen LogP contribution >= 0.6 is 0 Å². The van der Waals surface area contributed by atoms with Gasteiger partial charge in [-0.2, -0.15) is 0 Å². The van der Waals surface area contributed by atoms with E-state index in [2.05, 4.69) is 11.2 Å². The maximum atomic E-state index is 11.4. The Balaban J connectivity index is 2.50. The Morgan fingerprint density at radius 2 is 2.50 bits per heavy atom. The quantitative estimate of drug-likeness (QED) is 0.592. The van der Waals surface area contributed by atoms with Crippen LogP contribution in [0.3, 0.4) is 0 Å². The van der Waals surface area contributed by atoms with Crippen molar-refractivity contribution in [3.63, 3.8) is 0 Å². The zero-order valence-corrected chi connectivity index (χ0v) is 7.17. The maximum Gasteiger partial charge on any atom is 0.151 e. The van der Waals surface area contributed by atoms with Crippen LogP contribution in [0, 0.1) is 18.3 Å². The molecule has 0 amide bonds. The molecule has 1 rings (SSSR count). The van der Waals surface area contributed by atoms with E-state index >= 15 is 0 Å².